The van der Waals surface area contributed by atoms with E-state index in [1.165, 1.54) is 4.57 Å². The van der Waals surface area contributed by atoms with Gasteiger partial charge in [0, 0.05) is 18.1 Å². The van der Waals surface area contributed by atoms with E-state index in [1.54, 1.807) is 19.2 Å². The number of rotatable bonds is 2. The van der Waals surface area contributed by atoms with E-state index in [0.717, 1.165) is 5.39 Å². The van der Waals surface area contributed by atoms with Gasteiger partial charge in [-0.3, -0.25) is 14.2 Å². The van der Waals surface area contributed by atoms with Crippen molar-refractivity contribution in [2.24, 2.45) is 0 Å². The van der Waals surface area contributed by atoms with Crippen molar-refractivity contribution in [3.8, 4) is 5.69 Å². The molecule has 0 fully saturated rings. The molecule has 0 radical (unpaired) electrons. The highest BCUT2D eigenvalue weighted by atomic mass is 16.2. The number of nitrogens with zero attached hydrogens (tertiary/aromatic N) is 1. The molecule has 2 aromatic carbocycles. The highest BCUT2D eigenvalue weighted by Gasteiger charge is 2.15. The van der Waals surface area contributed by atoms with Crippen molar-refractivity contribution < 1.29 is 4.79 Å². The van der Waals surface area contributed by atoms with Gasteiger partial charge in [-0.2, -0.15) is 0 Å². The Morgan fingerprint density at radius 2 is 1.67 bits per heavy atom. The quantitative estimate of drug-likeness (QED) is 0.782. The van der Waals surface area contributed by atoms with Crippen molar-refractivity contribution in [1.82, 2.24) is 9.88 Å². The third kappa shape index (κ3) is 2.21. The first kappa shape index (κ1) is 13.1. The van der Waals surface area contributed by atoms with E-state index >= 15 is 0 Å². The zero-order valence-electron chi connectivity index (χ0n) is 11.5. The van der Waals surface area contributed by atoms with Gasteiger partial charge in [0.05, 0.1) is 0 Å². The third-order valence-electron chi connectivity index (χ3n) is 3.40. The molecule has 0 atom stereocenters. The molecule has 0 saturated heterocycles. The number of hydrogen-bond donors (Lipinski definition) is 1. The Bertz CT molecular complexity index is 867. The van der Waals surface area contributed by atoms with E-state index in [2.05, 4.69) is 5.32 Å². The Hall–Kier alpha value is -2.88. The Labute approximate surface area is 121 Å². The normalized spacial score (nSPS) is 10.5. The lowest BCUT2D eigenvalue weighted by Crippen LogP contribution is -2.29. The maximum Gasteiger partial charge on any atom is 0.268 e. The van der Waals surface area contributed by atoms with E-state index in [4.69, 9.17) is 0 Å². The van der Waals surface area contributed by atoms with Gasteiger partial charge in [-0.15, -0.1) is 0 Å². The van der Waals surface area contributed by atoms with Crippen LogP contribution in [0, 0.1) is 0 Å². The lowest BCUT2D eigenvalue weighted by molar-refractivity contribution is 0.0955. The number of nitrogens with one attached hydrogen (secondary N) is 1. The van der Waals surface area contributed by atoms with Gasteiger partial charge >= 0.3 is 0 Å². The molecule has 0 aliphatic carbocycles. The van der Waals surface area contributed by atoms with Gasteiger partial charge in [0.1, 0.15) is 5.69 Å². The van der Waals surface area contributed by atoms with Crippen LogP contribution in [0.1, 0.15) is 10.5 Å². The SMILES string of the molecule is CNC(=O)c1cc2ccccc2c(=O)n1-c1ccccc1. The molecular weight excluding hydrogens is 264 g/mol. The van der Waals surface area contributed by atoms with Gasteiger partial charge in [-0.1, -0.05) is 36.4 Å². The van der Waals surface area contributed by atoms with Gasteiger partial charge in [-0.25, -0.2) is 0 Å². The number of hydrogen-bond acceptors (Lipinski definition) is 2. The second-order valence-electron chi connectivity index (χ2n) is 4.67. The predicted octanol–water partition coefficient (Wildman–Crippen LogP) is 2.35. The largest absolute Gasteiger partial charge is 0.354 e. The van der Waals surface area contributed by atoms with Crippen LogP contribution in [0.5, 0.6) is 0 Å². The van der Waals surface area contributed by atoms with Crippen molar-refractivity contribution in [3.05, 3.63) is 76.7 Å². The standard InChI is InChI=1S/C17H14N2O2/c1-18-16(20)15-11-12-7-5-6-10-14(12)17(21)19(15)13-8-3-2-4-9-13/h2-11H,1H3,(H,18,20). The van der Waals surface area contributed by atoms with Crippen LogP contribution in [0.2, 0.25) is 0 Å². The minimum atomic E-state index is -0.290. The van der Waals surface area contributed by atoms with Crippen LogP contribution in [0.15, 0.2) is 65.5 Å². The average molecular weight is 278 g/mol. The van der Waals surface area contributed by atoms with Gasteiger partial charge in [-0.05, 0) is 29.7 Å². The Kier molecular flexibility index (Phi) is 3.28. The fraction of sp³-hybridized carbons (Fsp3) is 0.0588. The zero-order chi connectivity index (χ0) is 14.8. The highest BCUT2D eigenvalue weighted by molar-refractivity contribution is 5.97. The fourth-order valence-electron chi connectivity index (χ4n) is 2.39. The van der Waals surface area contributed by atoms with Crippen LogP contribution in [-0.4, -0.2) is 17.5 Å². The molecule has 4 heteroatoms. The fourth-order valence-corrected chi connectivity index (χ4v) is 2.39. The van der Waals surface area contributed by atoms with Crippen LogP contribution in [0.3, 0.4) is 0 Å². The highest BCUT2D eigenvalue weighted by Crippen LogP contribution is 2.16. The lowest BCUT2D eigenvalue weighted by atomic mass is 10.1. The molecule has 0 aliphatic rings. The summed E-state index contributed by atoms with van der Waals surface area (Å²) >= 11 is 0. The van der Waals surface area contributed by atoms with Gasteiger partial charge in [0.25, 0.3) is 11.5 Å². The summed E-state index contributed by atoms with van der Waals surface area (Å²) in [5, 5.41) is 3.93. The summed E-state index contributed by atoms with van der Waals surface area (Å²) in [6.45, 7) is 0. The van der Waals surface area contributed by atoms with Crippen molar-refractivity contribution in [2.45, 2.75) is 0 Å². The van der Waals surface area contributed by atoms with E-state index in [9.17, 15) is 9.59 Å². The molecule has 0 saturated carbocycles. The summed E-state index contributed by atoms with van der Waals surface area (Å²) in [7, 11) is 1.55. The number of amides is 1. The molecule has 1 heterocycles. The van der Waals surface area contributed by atoms with E-state index in [-0.39, 0.29) is 11.5 Å². The summed E-state index contributed by atoms with van der Waals surface area (Å²) in [4.78, 5) is 24.9. The third-order valence-corrected chi connectivity index (χ3v) is 3.40. The molecule has 1 amide bonds. The molecule has 4 nitrogen and oxygen atoms in total. The first-order valence-corrected chi connectivity index (χ1v) is 6.64. The average Bonchev–Trinajstić information content (AvgIpc) is 2.55. The molecular formula is C17H14N2O2. The molecule has 0 aliphatic heterocycles. The number of benzene rings is 2. The van der Waals surface area contributed by atoms with Gasteiger partial charge in [0.2, 0.25) is 0 Å². The van der Waals surface area contributed by atoms with E-state index in [0.29, 0.717) is 16.8 Å². The molecule has 1 N–H and O–H groups in total. The van der Waals surface area contributed by atoms with E-state index in [1.807, 2.05) is 48.5 Å². The molecule has 0 spiro atoms. The van der Waals surface area contributed by atoms with Crippen molar-refractivity contribution in [1.29, 1.82) is 0 Å². The number of pyridine rings is 1. The Morgan fingerprint density at radius 3 is 2.38 bits per heavy atom. The lowest BCUT2D eigenvalue weighted by Gasteiger charge is -2.13. The van der Waals surface area contributed by atoms with Crippen LogP contribution < -0.4 is 10.9 Å². The van der Waals surface area contributed by atoms with Crippen LogP contribution >= 0.6 is 0 Å². The number of carbonyl (C=O) groups is 1. The second kappa shape index (κ2) is 5.25. The molecule has 0 unspecified atom stereocenters. The van der Waals surface area contributed by atoms with Crippen LogP contribution in [0.4, 0.5) is 0 Å². The molecule has 21 heavy (non-hydrogen) atoms. The number of fused-ring (bicyclic) bond motifs is 1. The smallest absolute Gasteiger partial charge is 0.268 e. The molecule has 3 aromatic rings. The molecule has 104 valence electrons. The van der Waals surface area contributed by atoms with Crippen molar-refractivity contribution >= 4 is 16.7 Å². The Balaban J connectivity index is 2.43. The summed E-state index contributed by atoms with van der Waals surface area (Å²) in [6, 6.07) is 18.2. The Morgan fingerprint density at radius 1 is 1.00 bits per heavy atom. The second-order valence-corrected chi connectivity index (χ2v) is 4.67. The molecule has 1 aromatic heterocycles. The summed E-state index contributed by atoms with van der Waals surface area (Å²) in [5.41, 5.74) is 0.803. The van der Waals surface area contributed by atoms with Crippen molar-refractivity contribution in [3.63, 3.8) is 0 Å². The summed E-state index contributed by atoms with van der Waals surface area (Å²) < 4.78 is 1.45. The maximum atomic E-state index is 12.8. The van der Waals surface area contributed by atoms with Crippen molar-refractivity contribution in [2.75, 3.05) is 7.05 Å². The number of carbonyl (C=O) groups excluding carboxylic acids is 1. The monoisotopic (exact) mass is 278 g/mol. The van der Waals surface area contributed by atoms with Crippen LogP contribution in [0.25, 0.3) is 16.5 Å². The zero-order valence-corrected chi connectivity index (χ0v) is 11.5. The van der Waals surface area contributed by atoms with Crippen LogP contribution in [-0.2, 0) is 0 Å². The minimum Gasteiger partial charge on any atom is -0.354 e. The summed E-state index contributed by atoms with van der Waals surface area (Å²) in [6.07, 6.45) is 0. The topological polar surface area (TPSA) is 51.1 Å². The number of para-hydroxylation sites is 1. The first-order valence-electron chi connectivity index (χ1n) is 6.64. The maximum absolute atomic E-state index is 12.8. The molecule has 3 rings (SSSR count). The first-order chi connectivity index (χ1) is 10.2. The van der Waals surface area contributed by atoms with E-state index < -0.39 is 0 Å². The van der Waals surface area contributed by atoms with Gasteiger partial charge in [0.15, 0.2) is 0 Å². The molecule has 0 bridgehead atoms. The van der Waals surface area contributed by atoms with Gasteiger partial charge < -0.3 is 5.32 Å². The predicted molar refractivity (Wildman–Crippen MR) is 82.9 cm³/mol. The summed E-state index contributed by atoms with van der Waals surface area (Å²) in [5.74, 6) is -0.290. The number of aromatic nitrogens is 1. The minimum absolute atomic E-state index is 0.196.